The van der Waals surface area contributed by atoms with Gasteiger partial charge in [-0.25, -0.2) is 8.42 Å². The normalized spacial score (nSPS) is 18.1. The van der Waals surface area contributed by atoms with Crippen molar-refractivity contribution in [3.63, 3.8) is 0 Å². The van der Waals surface area contributed by atoms with Gasteiger partial charge in [-0.15, -0.1) is 0 Å². The quantitative estimate of drug-likeness (QED) is 0.642. The Bertz CT molecular complexity index is 1140. The topological polar surface area (TPSA) is 76.3 Å². The molecule has 7 heteroatoms. The van der Waals surface area contributed by atoms with Gasteiger partial charge in [-0.05, 0) is 62.4 Å². The summed E-state index contributed by atoms with van der Waals surface area (Å²) in [6, 6.07) is 13.2. The van der Waals surface area contributed by atoms with Gasteiger partial charge in [0.25, 0.3) is 0 Å². The first-order chi connectivity index (χ1) is 13.9. The van der Waals surface area contributed by atoms with Crippen LogP contribution in [0.2, 0.25) is 0 Å². The van der Waals surface area contributed by atoms with Gasteiger partial charge in [0, 0.05) is 18.7 Å². The number of rotatable bonds is 4. The van der Waals surface area contributed by atoms with Crippen molar-refractivity contribution in [2.24, 2.45) is 0 Å². The monoisotopic (exact) mass is 411 g/mol. The van der Waals surface area contributed by atoms with Crippen molar-refractivity contribution in [3.05, 3.63) is 65.0 Å². The van der Waals surface area contributed by atoms with Crippen molar-refractivity contribution in [2.75, 3.05) is 13.1 Å². The molecule has 0 radical (unpaired) electrons. The Morgan fingerprint density at radius 1 is 1.03 bits per heavy atom. The third-order valence-electron chi connectivity index (χ3n) is 5.68. The minimum atomic E-state index is -3.55. The van der Waals surface area contributed by atoms with E-state index in [1.54, 1.807) is 16.4 Å². The van der Waals surface area contributed by atoms with E-state index in [9.17, 15) is 8.42 Å². The summed E-state index contributed by atoms with van der Waals surface area (Å²) in [5, 5.41) is 4.14. The predicted octanol–water partition coefficient (Wildman–Crippen LogP) is 4.23. The van der Waals surface area contributed by atoms with E-state index in [1.807, 2.05) is 51.1 Å². The second-order valence-corrected chi connectivity index (χ2v) is 9.66. The van der Waals surface area contributed by atoms with E-state index in [2.05, 4.69) is 10.1 Å². The lowest BCUT2D eigenvalue weighted by Crippen LogP contribution is -2.39. The molecule has 1 fully saturated rings. The number of nitrogens with zero attached hydrogens (tertiary/aromatic N) is 3. The summed E-state index contributed by atoms with van der Waals surface area (Å²) in [5.41, 5.74) is 4.05. The highest BCUT2D eigenvalue weighted by atomic mass is 32.2. The Morgan fingerprint density at radius 3 is 2.59 bits per heavy atom. The number of aromatic nitrogens is 2. The fraction of sp³-hybridized carbons (Fsp3) is 0.364. The van der Waals surface area contributed by atoms with Crippen molar-refractivity contribution in [1.82, 2.24) is 14.4 Å². The molecule has 3 aromatic rings. The smallest absolute Gasteiger partial charge is 0.243 e. The van der Waals surface area contributed by atoms with Crippen LogP contribution in [0.25, 0.3) is 11.4 Å². The van der Waals surface area contributed by atoms with E-state index in [4.69, 9.17) is 4.52 Å². The van der Waals surface area contributed by atoms with Crippen molar-refractivity contribution in [3.8, 4) is 11.4 Å². The molecule has 2 heterocycles. The predicted molar refractivity (Wildman–Crippen MR) is 111 cm³/mol. The van der Waals surface area contributed by atoms with Gasteiger partial charge in [-0.1, -0.05) is 35.5 Å². The second kappa shape index (κ2) is 7.72. The molecule has 0 N–H and O–H groups in total. The van der Waals surface area contributed by atoms with E-state index in [0.717, 1.165) is 35.1 Å². The third kappa shape index (κ3) is 3.84. The number of aryl methyl sites for hydroxylation is 3. The maximum absolute atomic E-state index is 13.2. The van der Waals surface area contributed by atoms with Crippen LogP contribution in [0.3, 0.4) is 0 Å². The zero-order chi connectivity index (χ0) is 20.6. The molecule has 6 nitrogen and oxygen atoms in total. The number of hydrogen-bond acceptors (Lipinski definition) is 5. The Balaban J connectivity index is 1.57. The van der Waals surface area contributed by atoms with Crippen molar-refractivity contribution >= 4 is 10.0 Å². The average Bonchev–Trinajstić information content (AvgIpc) is 3.20. The van der Waals surface area contributed by atoms with Gasteiger partial charge in [0.1, 0.15) is 0 Å². The highest BCUT2D eigenvalue weighted by Crippen LogP contribution is 2.31. The molecule has 0 spiro atoms. The minimum Gasteiger partial charge on any atom is -0.339 e. The van der Waals surface area contributed by atoms with Gasteiger partial charge < -0.3 is 4.52 Å². The van der Waals surface area contributed by atoms with Crippen LogP contribution in [0, 0.1) is 20.8 Å². The minimum absolute atomic E-state index is 0.102. The van der Waals surface area contributed by atoms with Gasteiger partial charge in [0.2, 0.25) is 21.7 Å². The van der Waals surface area contributed by atoms with E-state index in [1.165, 1.54) is 0 Å². The van der Waals surface area contributed by atoms with Crippen LogP contribution < -0.4 is 0 Å². The van der Waals surface area contributed by atoms with Gasteiger partial charge in [-0.2, -0.15) is 9.29 Å². The molecular formula is C22H25N3O3S. The first-order valence-electron chi connectivity index (χ1n) is 9.83. The zero-order valence-electron chi connectivity index (χ0n) is 16.9. The van der Waals surface area contributed by atoms with E-state index in [-0.39, 0.29) is 5.92 Å². The van der Waals surface area contributed by atoms with Crippen molar-refractivity contribution in [2.45, 2.75) is 44.4 Å². The Hall–Kier alpha value is -2.51. The summed E-state index contributed by atoms with van der Waals surface area (Å²) >= 11 is 0. The largest absolute Gasteiger partial charge is 0.339 e. The van der Waals surface area contributed by atoms with E-state index < -0.39 is 10.0 Å². The molecule has 0 aliphatic carbocycles. The highest BCUT2D eigenvalue weighted by molar-refractivity contribution is 7.89. The SMILES string of the molecule is Cc1ccc(S(=O)(=O)N2CCC[C@@H](c3nc(-c4ccccc4C)no3)C2)cc1C. The zero-order valence-corrected chi connectivity index (χ0v) is 17.7. The number of piperidine rings is 1. The van der Waals surface area contributed by atoms with Crippen LogP contribution in [-0.2, 0) is 10.0 Å². The van der Waals surface area contributed by atoms with Crippen LogP contribution in [0.1, 0.15) is 41.3 Å². The molecule has 2 aromatic carbocycles. The van der Waals surface area contributed by atoms with Crippen LogP contribution in [-0.4, -0.2) is 36.0 Å². The van der Waals surface area contributed by atoms with Crippen LogP contribution >= 0.6 is 0 Å². The summed E-state index contributed by atoms with van der Waals surface area (Å²) in [4.78, 5) is 4.92. The maximum Gasteiger partial charge on any atom is 0.243 e. The Morgan fingerprint density at radius 2 is 1.83 bits per heavy atom. The summed E-state index contributed by atoms with van der Waals surface area (Å²) in [5.74, 6) is 0.950. The van der Waals surface area contributed by atoms with Gasteiger partial charge in [0.05, 0.1) is 10.8 Å². The standard InChI is InChI=1S/C22H25N3O3S/c1-15-10-11-19(13-17(15)3)29(26,27)25-12-6-8-18(14-25)22-23-21(24-28-22)20-9-5-4-7-16(20)2/h4-5,7,9-11,13,18H,6,8,12,14H2,1-3H3/t18-/m1/s1. The molecule has 1 saturated heterocycles. The molecule has 1 aliphatic heterocycles. The van der Waals surface area contributed by atoms with Crippen LogP contribution in [0.15, 0.2) is 51.9 Å². The molecule has 4 rings (SSSR count). The lowest BCUT2D eigenvalue weighted by molar-refractivity contribution is 0.265. The van der Waals surface area contributed by atoms with Gasteiger partial charge >= 0.3 is 0 Å². The number of benzene rings is 2. The van der Waals surface area contributed by atoms with Crippen LogP contribution in [0.4, 0.5) is 0 Å². The third-order valence-corrected chi connectivity index (χ3v) is 7.54. The first kappa shape index (κ1) is 19.8. The number of sulfonamides is 1. The Kier molecular flexibility index (Phi) is 5.27. The lowest BCUT2D eigenvalue weighted by Gasteiger charge is -2.30. The summed E-state index contributed by atoms with van der Waals surface area (Å²) in [6.45, 7) is 6.77. The van der Waals surface area contributed by atoms with E-state index >= 15 is 0 Å². The Labute approximate surface area is 171 Å². The fourth-order valence-corrected chi connectivity index (χ4v) is 5.33. The number of hydrogen-bond donors (Lipinski definition) is 0. The van der Waals surface area contributed by atoms with Gasteiger partial charge in [-0.3, -0.25) is 0 Å². The summed E-state index contributed by atoms with van der Waals surface area (Å²) in [6.07, 6.45) is 1.59. The summed E-state index contributed by atoms with van der Waals surface area (Å²) < 4.78 is 33.4. The maximum atomic E-state index is 13.2. The van der Waals surface area contributed by atoms with Crippen LogP contribution in [0.5, 0.6) is 0 Å². The average molecular weight is 412 g/mol. The fourth-order valence-electron chi connectivity index (χ4n) is 3.72. The molecule has 1 aliphatic rings. The molecule has 152 valence electrons. The highest BCUT2D eigenvalue weighted by Gasteiger charge is 2.33. The molecule has 29 heavy (non-hydrogen) atoms. The summed E-state index contributed by atoms with van der Waals surface area (Å²) in [7, 11) is -3.55. The first-order valence-corrected chi connectivity index (χ1v) is 11.3. The van der Waals surface area contributed by atoms with E-state index in [0.29, 0.717) is 29.7 Å². The molecule has 0 amide bonds. The molecular weight excluding hydrogens is 386 g/mol. The second-order valence-electron chi connectivity index (χ2n) is 7.72. The molecule has 0 unspecified atom stereocenters. The van der Waals surface area contributed by atoms with Crippen molar-refractivity contribution < 1.29 is 12.9 Å². The molecule has 1 aromatic heterocycles. The molecule has 0 saturated carbocycles. The molecule has 1 atom stereocenters. The molecule has 0 bridgehead atoms. The van der Waals surface area contributed by atoms with Crippen molar-refractivity contribution in [1.29, 1.82) is 0 Å². The van der Waals surface area contributed by atoms with Gasteiger partial charge in [0.15, 0.2) is 0 Å². The lowest BCUT2D eigenvalue weighted by atomic mass is 10.00.